The van der Waals surface area contributed by atoms with Crippen LogP contribution in [-0.2, 0) is 0 Å². The van der Waals surface area contributed by atoms with Gasteiger partial charge in [0.2, 0.25) is 0 Å². The lowest BCUT2D eigenvalue weighted by atomic mass is 10.2. The van der Waals surface area contributed by atoms with E-state index in [9.17, 15) is 0 Å². The fraction of sp³-hybridized carbons (Fsp3) is 0.667. The Labute approximate surface area is 68.8 Å². The van der Waals surface area contributed by atoms with E-state index in [4.69, 9.17) is 0 Å². The van der Waals surface area contributed by atoms with Gasteiger partial charge in [0.15, 0.2) is 0 Å². The largest absolute Gasteiger partial charge is 0.0913 e. The molecule has 0 rings (SSSR count). The Morgan fingerprint density at radius 2 is 2.10 bits per heavy atom. The summed E-state index contributed by atoms with van der Waals surface area (Å²) in [6, 6.07) is 0. The Hall–Kier alpha value is -0.0900. The standard InChI is InChI=1S/C9H15S/c1-3-4-5-6-7-8-9-10-2/h1,3-7H2,2H3. The van der Waals surface area contributed by atoms with E-state index in [2.05, 4.69) is 18.1 Å². The molecule has 10 heavy (non-hydrogen) atoms. The normalized spacial score (nSPS) is 8.60. The zero-order chi connectivity index (χ0) is 7.66. The van der Waals surface area contributed by atoms with Gasteiger partial charge >= 0.3 is 0 Å². The molecule has 0 aliphatic heterocycles. The molecule has 0 aliphatic rings. The number of rotatable bonds is 4. The summed E-state index contributed by atoms with van der Waals surface area (Å²) in [6.07, 6.45) is 7.90. The van der Waals surface area contributed by atoms with Crippen molar-refractivity contribution in [2.45, 2.75) is 32.1 Å². The third kappa shape index (κ3) is 7.91. The van der Waals surface area contributed by atoms with Crippen molar-refractivity contribution in [3.63, 3.8) is 0 Å². The minimum absolute atomic E-state index is 1.06. The van der Waals surface area contributed by atoms with Gasteiger partial charge in [-0.3, -0.25) is 0 Å². The molecule has 0 atom stereocenters. The fourth-order valence-corrected chi connectivity index (χ4v) is 0.937. The van der Waals surface area contributed by atoms with Crippen LogP contribution >= 0.6 is 11.8 Å². The van der Waals surface area contributed by atoms with Crippen molar-refractivity contribution in [3.05, 3.63) is 6.92 Å². The van der Waals surface area contributed by atoms with Crippen molar-refractivity contribution >= 4 is 11.8 Å². The molecule has 0 fully saturated rings. The smallest absolute Gasteiger partial charge is 0.00976 e. The van der Waals surface area contributed by atoms with E-state index < -0.39 is 0 Å². The fourth-order valence-electron chi connectivity index (χ4n) is 0.690. The highest BCUT2D eigenvalue weighted by Gasteiger charge is 1.82. The zero-order valence-corrected chi connectivity index (χ0v) is 7.47. The number of unbranched alkanes of at least 4 members (excludes halogenated alkanes) is 4. The molecule has 0 spiro atoms. The average molecular weight is 155 g/mol. The maximum atomic E-state index is 3.78. The summed E-state index contributed by atoms with van der Waals surface area (Å²) < 4.78 is 0. The summed E-state index contributed by atoms with van der Waals surface area (Å²) in [5, 5.41) is 2.98. The molecule has 0 N–H and O–H groups in total. The molecule has 0 bridgehead atoms. The molecule has 0 aromatic rings. The lowest BCUT2D eigenvalue weighted by Crippen LogP contribution is -1.73. The quantitative estimate of drug-likeness (QED) is 0.444. The molecule has 0 unspecified atom stereocenters. The maximum Gasteiger partial charge on any atom is 0.00976 e. The van der Waals surface area contributed by atoms with Gasteiger partial charge in [0.25, 0.3) is 0 Å². The predicted molar refractivity (Wildman–Crippen MR) is 49.7 cm³/mol. The summed E-state index contributed by atoms with van der Waals surface area (Å²) in [5.74, 6) is 3.09. The van der Waals surface area contributed by atoms with Gasteiger partial charge in [-0.05, 0) is 17.9 Å². The van der Waals surface area contributed by atoms with Gasteiger partial charge in [-0.15, -0.1) is 0 Å². The topological polar surface area (TPSA) is 0 Å². The number of thioether (sulfide) groups is 1. The van der Waals surface area contributed by atoms with Gasteiger partial charge < -0.3 is 0 Å². The van der Waals surface area contributed by atoms with Crippen LogP contribution in [0.2, 0.25) is 0 Å². The maximum absolute atomic E-state index is 3.78. The van der Waals surface area contributed by atoms with E-state index in [1.807, 2.05) is 6.26 Å². The average Bonchev–Trinajstić information content (AvgIpc) is 1.97. The molecule has 1 radical (unpaired) electrons. The van der Waals surface area contributed by atoms with Gasteiger partial charge in [0.05, 0.1) is 0 Å². The summed E-state index contributed by atoms with van der Waals surface area (Å²) in [7, 11) is 0. The Balaban J connectivity index is 2.90. The molecule has 0 aliphatic carbocycles. The van der Waals surface area contributed by atoms with Gasteiger partial charge in [-0.1, -0.05) is 43.9 Å². The van der Waals surface area contributed by atoms with Crippen LogP contribution in [0, 0.1) is 18.1 Å². The molecule has 0 nitrogen and oxygen atoms in total. The second-order valence-electron chi connectivity index (χ2n) is 2.15. The molecule has 0 amide bonds. The van der Waals surface area contributed by atoms with Crippen LogP contribution in [0.15, 0.2) is 0 Å². The first-order valence-electron chi connectivity index (χ1n) is 3.72. The summed E-state index contributed by atoms with van der Waals surface area (Å²) in [4.78, 5) is 0. The first-order valence-corrected chi connectivity index (χ1v) is 4.94. The van der Waals surface area contributed by atoms with E-state index in [0.717, 1.165) is 12.8 Å². The molecule has 57 valence electrons. The van der Waals surface area contributed by atoms with Crippen molar-refractivity contribution in [2.75, 3.05) is 6.26 Å². The lowest BCUT2D eigenvalue weighted by Gasteiger charge is -1.91. The SMILES string of the molecule is [CH2]CCCCCC#CSC. The monoisotopic (exact) mass is 155 g/mol. The van der Waals surface area contributed by atoms with Crippen molar-refractivity contribution in [1.29, 1.82) is 0 Å². The molecule has 0 saturated heterocycles. The minimum atomic E-state index is 1.06. The summed E-state index contributed by atoms with van der Waals surface area (Å²) >= 11 is 1.59. The number of hydrogen-bond acceptors (Lipinski definition) is 1. The van der Waals surface area contributed by atoms with Crippen LogP contribution in [0.5, 0.6) is 0 Å². The number of hydrogen-bond donors (Lipinski definition) is 0. The molecular formula is C9H15S. The van der Waals surface area contributed by atoms with Crippen molar-refractivity contribution in [3.8, 4) is 11.2 Å². The van der Waals surface area contributed by atoms with E-state index in [1.54, 1.807) is 11.8 Å². The molecule has 1 heteroatoms. The van der Waals surface area contributed by atoms with Crippen LogP contribution in [0.25, 0.3) is 0 Å². The molecule has 0 saturated carbocycles. The van der Waals surface area contributed by atoms with Crippen LogP contribution in [0.3, 0.4) is 0 Å². The predicted octanol–water partition coefficient (Wildman–Crippen LogP) is 3.09. The van der Waals surface area contributed by atoms with Gasteiger partial charge in [0.1, 0.15) is 0 Å². The third-order valence-corrected chi connectivity index (χ3v) is 1.57. The Bertz CT molecular complexity index is 108. The Kier molecular flexibility index (Phi) is 8.83. The molecule has 0 aromatic carbocycles. The molecule has 0 heterocycles. The highest BCUT2D eigenvalue weighted by Crippen LogP contribution is 2.01. The van der Waals surface area contributed by atoms with Crippen molar-refractivity contribution < 1.29 is 0 Å². The molecule has 0 aromatic heterocycles. The highest BCUT2D eigenvalue weighted by molar-refractivity contribution is 8.03. The highest BCUT2D eigenvalue weighted by atomic mass is 32.2. The van der Waals surface area contributed by atoms with Gasteiger partial charge in [-0.2, -0.15) is 0 Å². The Morgan fingerprint density at radius 1 is 1.30 bits per heavy atom. The van der Waals surface area contributed by atoms with E-state index in [0.29, 0.717) is 0 Å². The van der Waals surface area contributed by atoms with E-state index >= 15 is 0 Å². The summed E-state index contributed by atoms with van der Waals surface area (Å²) in [5.41, 5.74) is 0. The van der Waals surface area contributed by atoms with Crippen molar-refractivity contribution in [1.82, 2.24) is 0 Å². The lowest BCUT2D eigenvalue weighted by molar-refractivity contribution is 0.701. The van der Waals surface area contributed by atoms with Gasteiger partial charge in [-0.25, -0.2) is 0 Å². The van der Waals surface area contributed by atoms with Crippen LogP contribution < -0.4 is 0 Å². The van der Waals surface area contributed by atoms with Crippen LogP contribution in [-0.4, -0.2) is 6.26 Å². The molecular weight excluding hydrogens is 140 g/mol. The second-order valence-corrected chi connectivity index (χ2v) is 2.76. The Morgan fingerprint density at radius 3 is 2.70 bits per heavy atom. The zero-order valence-electron chi connectivity index (χ0n) is 6.65. The van der Waals surface area contributed by atoms with Crippen LogP contribution in [0.4, 0.5) is 0 Å². The van der Waals surface area contributed by atoms with E-state index in [1.165, 1.54) is 19.3 Å². The van der Waals surface area contributed by atoms with E-state index in [-0.39, 0.29) is 0 Å². The first kappa shape index (κ1) is 9.91. The second kappa shape index (κ2) is 8.91. The van der Waals surface area contributed by atoms with Crippen LogP contribution in [0.1, 0.15) is 32.1 Å². The first-order chi connectivity index (χ1) is 4.91. The minimum Gasteiger partial charge on any atom is -0.0913 e. The van der Waals surface area contributed by atoms with Crippen molar-refractivity contribution in [2.24, 2.45) is 0 Å². The van der Waals surface area contributed by atoms with Gasteiger partial charge in [0, 0.05) is 6.42 Å². The third-order valence-electron chi connectivity index (χ3n) is 1.23. The summed E-state index contributed by atoms with van der Waals surface area (Å²) in [6.45, 7) is 3.78.